The van der Waals surface area contributed by atoms with Gasteiger partial charge >= 0.3 is 0 Å². The van der Waals surface area contributed by atoms with E-state index in [0.29, 0.717) is 0 Å². The van der Waals surface area contributed by atoms with Crippen molar-refractivity contribution in [3.05, 3.63) is 249 Å². The Morgan fingerprint density at radius 3 is 1.42 bits per heavy atom. The molecule has 0 radical (unpaired) electrons. The summed E-state index contributed by atoms with van der Waals surface area (Å²) in [6, 6.07) is 88.9. The minimum atomic E-state index is 0.823. The van der Waals surface area contributed by atoms with E-state index in [2.05, 4.69) is 241 Å². The van der Waals surface area contributed by atoms with Crippen LogP contribution in [0.1, 0.15) is 0 Å². The van der Waals surface area contributed by atoms with Crippen LogP contribution in [0.4, 0.5) is 17.1 Å². The molecule has 3 heteroatoms. The summed E-state index contributed by atoms with van der Waals surface area (Å²) in [7, 11) is 0. The molecule has 11 aromatic carbocycles. The monoisotopic (exact) mass is 855 g/mol. The molecule has 2 heterocycles. The van der Waals surface area contributed by atoms with Gasteiger partial charge in [0.15, 0.2) is 0 Å². The third kappa shape index (κ3) is 6.76. The predicted molar refractivity (Wildman–Crippen MR) is 280 cm³/mol. The van der Waals surface area contributed by atoms with E-state index >= 15 is 0 Å². The molecule has 0 atom stereocenters. The summed E-state index contributed by atoms with van der Waals surface area (Å²) in [6.07, 6.45) is 0. The van der Waals surface area contributed by atoms with E-state index in [0.717, 1.165) is 122 Å². The summed E-state index contributed by atoms with van der Waals surface area (Å²) in [5.41, 5.74) is 17.8. The Bertz CT molecular complexity index is 3890. The van der Waals surface area contributed by atoms with Gasteiger partial charge in [-0.05, 0) is 122 Å². The standard InChI is InChI=1S/C64H41NO2/c1-4-15-42(16-5-1)45-27-32-52(33-28-45)65(53-34-29-47(30-35-53)55-24-14-25-57-56-23-12-13-26-60(56)66-63(55)57)59-40-51(41-61-62(59)58-36-31-46-21-10-11-22-54(46)64(58)67-61)50-38-48(43-17-6-2-7-18-43)37-49(39-50)44-19-8-3-9-20-44/h1-41H. The lowest BCUT2D eigenvalue weighted by Crippen LogP contribution is -2.10. The van der Waals surface area contributed by atoms with E-state index in [9.17, 15) is 0 Å². The molecule has 0 saturated carbocycles. The highest BCUT2D eigenvalue weighted by molar-refractivity contribution is 6.20. The van der Waals surface area contributed by atoms with E-state index in [1.54, 1.807) is 0 Å². The molecule has 0 amide bonds. The first-order valence-electron chi connectivity index (χ1n) is 22.8. The molecule has 0 aliphatic carbocycles. The minimum absolute atomic E-state index is 0.823. The lowest BCUT2D eigenvalue weighted by Gasteiger charge is -2.27. The lowest BCUT2D eigenvalue weighted by atomic mass is 9.92. The van der Waals surface area contributed by atoms with Crippen molar-refractivity contribution >= 4 is 71.7 Å². The zero-order valence-corrected chi connectivity index (χ0v) is 36.4. The van der Waals surface area contributed by atoms with Crippen LogP contribution in [0, 0.1) is 0 Å². The summed E-state index contributed by atoms with van der Waals surface area (Å²) < 4.78 is 13.6. The largest absolute Gasteiger partial charge is 0.455 e. The fourth-order valence-corrected chi connectivity index (χ4v) is 9.97. The summed E-state index contributed by atoms with van der Waals surface area (Å²) in [6.45, 7) is 0. The zero-order valence-electron chi connectivity index (χ0n) is 36.4. The Hall–Kier alpha value is -8.92. The molecule has 67 heavy (non-hydrogen) atoms. The van der Waals surface area contributed by atoms with Gasteiger partial charge in [0.1, 0.15) is 22.3 Å². The maximum absolute atomic E-state index is 7.10. The van der Waals surface area contributed by atoms with Gasteiger partial charge < -0.3 is 13.7 Å². The molecule has 3 nitrogen and oxygen atoms in total. The van der Waals surface area contributed by atoms with Gasteiger partial charge in [0.25, 0.3) is 0 Å². The van der Waals surface area contributed by atoms with Crippen molar-refractivity contribution < 1.29 is 8.83 Å². The second-order valence-corrected chi connectivity index (χ2v) is 17.2. The van der Waals surface area contributed by atoms with Gasteiger partial charge in [-0.2, -0.15) is 0 Å². The first-order chi connectivity index (χ1) is 33.2. The van der Waals surface area contributed by atoms with Crippen LogP contribution >= 0.6 is 0 Å². The molecule has 13 aromatic rings. The average Bonchev–Trinajstić information content (AvgIpc) is 3.99. The molecular formula is C64H41NO2. The average molecular weight is 856 g/mol. The van der Waals surface area contributed by atoms with Gasteiger partial charge in [0.05, 0.1) is 11.1 Å². The number of nitrogens with zero attached hydrogens (tertiary/aromatic N) is 1. The quantitative estimate of drug-likeness (QED) is 0.152. The molecule has 13 rings (SSSR count). The summed E-state index contributed by atoms with van der Waals surface area (Å²) in [5, 5.41) is 6.58. The molecule has 0 aliphatic rings. The molecule has 0 saturated heterocycles. The first kappa shape index (κ1) is 38.5. The van der Waals surface area contributed by atoms with Crippen molar-refractivity contribution in [3.8, 4) is 55.6 Å². The zero-order chi connectivity index (χ0) is 44.3. The molecular weight excluding hydrogens is 815 g/mol. The second-order valence-electron chi connectivity index (χ2n) is 17.2. The Kier molecular flexibility index (Phi) is 9.17. The Morgan fingerprint density at radius 2 is 0.761 bits per heavy atom. The number of hydrogen-bond donors (Lipinski definition) is 0. The van der Waals surface area contributed by atoms with Gasteiger partial charge in [-0.1, -0.05) is 182 Å². The van der Waals surface area contributed by atoms with Gasteiger partial charge in [0.2, 0.25) is 0 Å². The Labute approximate surface area is 388 Å². The number of anilines is 3. The molecule has 0 bridgehead atoms. The summed E-state index contributed by atoms with van der Waals surface area (Å²) in [4.78, 5) is 2.40. The lowest BCUT2D eigenvalue weighted by molar-refractivity contribution is 0.670. The van der Waals surface area contributed by atoms with Crippen LogP contribution in [-0.4, -0.2) is 0 Å². The molecule has 0 fully saturated rings. The van der Waals surface area contributed by atoms with Gasteiger partial charge in [-0.25, -0.2) is 0 Å². The van der Waals surface area contributed by atoms with Gasteiger partial charge in [0, 0.05) is 38.5 Å². The normalized spacial score (nSPS) is 11.6. The fourth-order valence-electron chi connectivity index (χ4n) is 9.97. The van der Waals surface area contributed by atoms with Crippen LogP contribution < -0.4 is 4.90 Å². The van der Waals surface area contributed by atoms with Gasteiger partial charge in [-0.15, -0.1) is 0 Å². The van der Waals surface area contributed by atoms with Crippen molar-refractivity contribution in [2.75, 3.05) is 4.90 Å². The summed E-state index contributed by atoms with van der Waals surface area (Å²) in [5.74, 6) is 0. The molecule has 0 N–H and O–H groups in total. The maximum atomic E-state index is 7.10. The number of benzene rings is 11. The van der Waals surface area contributed by atoms with E-state index in [1.165, 1.54) is 5.56 Å². The third-order valence-corrected chi connectivity index (χ3v) is 13.2. The SMILES string of the molecule is c1ccc(-c2ccc(N(c3ccc(-c4cccc5c4oc4ccccc45)cc3)c3cc(-c4cc(-c5ccccc5)cc(-c5ccccc5)c4)cc4oc5c6ccccc6ccc5c34)cc2)cc1. The van der Waals surface area contributed by atoms with Crippen molar-refractivity contribution in [2.24, 2.45) is 0 Å². The highest BCUT2D eigenvalue weighted by atomic mass is 16.3. The van der Waals surface area contributed by atoms with E-state index in [-0.39, 0.29) is 0 Å². The topological polar surface area (TPSA) is 29.5 Å². The minimum Gasteiger partial charge on any atom is -0.455 e. The van der Waals surface area contributed by atoms with Crippen LogP contribution in [0.25, 0.3) is 110 Å². The molecule has 2 aromatic heterocycles. The number of para-hydroxylation sites is 2. The number of fused-ring (bicyclic) bond motifs is 8. The van der Waals surface area contributed by atoms with Crippen molar-refractivity contribution in [3.63, 3.8) is 0 Å². The highest BCUT2D eigenvalue weighted by Crippen LogP contribution is 2.48. The number of hydrogen-bond acceptors (Lipinski definition) is 3. The van der Waals surface area contributed by atoms with E-state index in [4.69, 9.17) is 8.83 Å². The van der Waals surface area contributed by atoms with Crippen LogP contribution in [0.15, 0.2) is 258 Å². The fraction of sp³-hybridized carbons (Fsp3) is 0. The molecule has 0 aliphatic heterocycles. The van der Waals surface area contributed by atoms with Gasteiger partial charge in [-0.3, -0.25) is 0 Å². The van der Waals surface area contributed by atoms with Crippen LogP contribution in [-0.2, 0) is 0 Å². The Balaban J connectivity index is 1.06. The number of furan rings is 2. The highest BCUT2D eigenvalue weighted by Gasteiger charge is 2.23. The van der Waals surface area contributed by atoms with Crippen LogP contribution in [0.3, 0.4) is 0 Å². The predicted octanol–water partition coefficient (Wildman–Crippen LogP) is 18.4. The maximum Gasteiger partial charge on any atom is 0.143 e. The molecule has 314 valence electrons. The van der Waals surface area contributed by atoms with Crippen LogP contribution in [0.5, 0.6) is 0 Å². The molecule has 0 unspecified atom stereocenters. The van der Waals surface area contributed by atoms with Crippen molar-refractivity contribution in [2.45, 2.75) is 0 Å². The van der Waals surface area contributed by atoms with E-state index in [1.807, 2.05) is 12.1 Å². The van der Waals surface area contributed by atoms with E-state index < -0.39 is 0 Å². The third-order valence-electron chi connectivity index (χ3n) is 13.2. The first-order valence-corrected chi connectivity index (χ1v) is 22.8. The van der Waals surface area contributed by atoms with Crippen LogP contribution in [0.2, 0.25) is 0 Å². The molecule has 0 spiro atoms. The smallest absolute Gasteiger partial charge is 0.143 e. The number of rotatable bonds is 8. The van der Waals surface area contributed by atoms with Crippen molar-refractivity contribution in [1.29, 1.82) is 0 Å². The second kappa shape index (κ2) is 16.0. The Morgan fingerprint density at radius 1 is 0.269 bits per heavy atom. The summed E-state index contributed by atoms with van der Waals surface area (Å²) >= 11 is 0. The van der Waals surface area contributed by atoms with Crippen molar-refractivity contribution in [1.82, 2.24) is 0 Å².